The van der Waals surface area contributed by atoms with Gasteiger partial charge in [-0.2, -0.15) is 10.5 Å². The lowest BCUT2D eigenvalue weighted by Crippen LogP contribution is -1.85. The Morgan fingerprint density at radius 1 is 1.36 bits per heavy atom. The first-order valence-corrected chi connectivity index (χ1v) is 2.77. The van der Waals surface area contributed by atoms with Crippen LogP contribution in [-0.2, 0) is 0 Å². The molecule has 0 aliphatic carbocycles. The third-order valence-electron chi connectivity index (χ3n) is 1.15. The van der Waals surface area contributed by atoms with E-state index in [1.54, 1.807) is 12.1 Å². The van der Waals surface area contributed by atoms with Crippen molar-refractivity contribution in [1.29, 1.82) is 10.5 Å². The summed E-state index contributed by atoms with van der Waals surface area (Å²) in [5, 5.41) is 25.8. The summed E-state index contributed by atoms with van der Waals surface area (Å²) in [5.41, 5.74) is -0.0550. The van der Waals surface area contributed by atoms with Gasteiger partial charge in [0.25, 0.3) is 0 Å². The maximum atomic E-state index is 9.08. The summed E-state index contributed by atoms with van der Waals surface area (Å²) in [6.07, 6.45) is 1.30. The highest BCUT2D eigenvalue weighted by atomic mass is 16.3. The van der Waals surface area contributed by atoms with Crippen LogP contribution in [0.15, 0.2) is 12.3 Å². The monoisotopic (exact) mass is 145 g/mol. The van der Waals surface area contributed by atoms with Gasteiger partial charge in [0.15, 0.2) is 11.4 Å². The van der Waals surface area contributed by atoms with Crippen LogP contribution in [0, 0.1) is 22.7 Å². The lowest BCUT2D eigenvalue weighted by molar-refractivity contribution is 0.469. The summed E-state index contributed by atoms with van der Waals surface area (Å²) < 4.78 is 0. The molecule has 4 nitrogen and oxygen atoms in total. The topological polar surface area (TPSA) is 80.7 Å². The first-order chi connectivity index (χ1) is 5.29. The molecular weight excluding hydrogens is 142 g/mol. The average molecular weight is 145 g/mol. The molecule has 1 aromatic rings. The molecule has 0 bridgehead atoms. The number of aromatic nitrogens is 1. The number of nitriles is 2. The molecule has 0 atom stereocenters. The van der Waals surface area contributed by atoms with Gasteiger partial charge in [-0.25, -0.2) is 4.98 Å². The van der Waals surface area contributed by atoms with Gasteiger partial charge in [-0.1, -0.05) is 0 Å². The molecule has 1 N–H and O–H groups in total. The largest absolute Gasteiger partial charge is 0.504 e. The van der Waals surface area contributed by atoms with E-state index in [4.69, 9.17) is 15.6 Å². The molecule has 0 aromatic carbocycles. The molecule has 1 heterocycles. The van der Waals surface area contributed by atoms with E-state index >= 15 is 0 Å². The summed E-state index contributed by atoms with van der Waals surface area (Å²) in [6, 6.07) is 4.73. The van der Waals surface area contributed by atoms with Gasteiger partial charge < -0.3 is 5.11 Å². The van der Waals surface area contributed by atoms with E-state index in [-0.39, 0.29) is 17.0 Å². The highest BCUT2D eigenvalue weighted by molar-refractivity contribution is 5.48. The third-order valence-corrected chi connectivity index (χ3v) is 1.15. The minimum absolute atomic E-state index is 0.0663. The summed E-state index contributed by atoms with van der Waals surface area (Å²) in [7, 11) is 0. The molecule has 52 valence electrons. The second kappa shape index (κ2) is 2.68. The third kappa shape index (κ3) is 1.10. The van der Waals surface area contributed by atoms with E-state index in [2.05, 4.69) is 4.98 Å². The Hall–Kier alpha value is -2.07. The van der Waals surface area contributed by atoms with E-state index in [1.165, 1.54) is 12.3 Å². The fraction of sp³-hybridized carbons (Fsp3) is 0. The van der Waals surface area contributed by atoms with Gasteiger partial charge in [-0.3, -0.25) is 0 Å². The fourth-order valence-corrected chi connectivity index (χ4v) is 0.626. The van der Waals surface area contributed by atoms with Crippen LogP contribution in [-0.4, -0.2) is 10.1 Å². The smallest absolute Gasteiger partial charge is 0.183 e. The maximum absolute atomic E-state index is 9.08. The van der Waals surface area contributed by atoms with Crippen molar-refractivity contribution in [3.05, 3.63) is 23.5 Å². The van der Waals surface area contributed by atoms with Gasteiger partial charge in [0.2, 0.25) is 0 Å². The Morgan fingerprint density at radius 3 is 2.64 bits per heavy atom. The van der Waals surface area contributed by atoms with Crippen LogP contribution >= 0.6 is 0 Å². The van der Waals surface area contributed by atoms with Gasteiger partial charge in [-0.15, -0.1) is 0 Å². The van der Waals surface area contributed by atoms with Crippen LogP contribution in [0.1, 0.15) is 11.3 Å². The van der Waals surface area contributed by atoms with E-state index in [1.807, 2.05) is 0 Å². The lowest BCUT2D eigenvalue weighted by Gasteiger charge is -1.94. The molecule has 0 unspecified atom stereocenters. The van der Waals surface area contributed by atoms with Crippen molar-refractivity contribution in [1.82, 2.24) is 4.98 Å². The van der Waals surface area contributed by atoms with Crippen molar-refractivity contribution in [2.75, 3.05) is 0 Å². The molecule has 0 aliphatic heterocycles. The second-order valence-corrected chi connectivity index (χ2v) is 1.78. The SMILES string of the molecule is N#Cc1ccnc(C#N)c1O. The van der Waals surface area contributed by atoms with Crippen LogP contribution in [0.5, 0.6) is 5.75 Å². The highest BCUT2D eigenvalue weighted by Crippen LogP contribution is 2.17. The van der Waals surface area contributed by atoms with E-state index in [0.29, 0.717) is 0 Å². The number of rotatable bonds is 0. The maximum Gasteiger partial charge on any atom is 0.183 e. The van der Waals surface area contributed by atoms with Crippen LogP contribution in [0.4, 0.5) is 0 Å². The van der Waals surface area contributed by atoms with Crippen molar-refractivity contribution in [3.8, 4) is 17.9 Å². The van der Waals surface area contributed by atoms with Gasteiger partial charge in [-0.05, 0) is 6.07 Å². The second-order valence-electron chi connectivity index (χ2n) is 1.78. The number of hydrogen-bond donors (Lipinski definition) is 1. The van der Waals surface area contributed by atoms with Crippen molar-refractivity contribution < 1.29 is 5.11 Å². The van der Waals surface area contributed by atoms with Gasteiger partial charge in [0.1, 0.15) is 12.1 Å². The summed E-state index contributed by atoms with van der Waals surface area (Å²) >= 11 is 0. The molecular formula is C7H3N3O. The Labute approximate surface area is 63.0 Å². The van der Waals surface area contributed by atoms with Crippen LogP contribution in [0.3, 0.4) is 0 Å². The van der Waals surface area contributed by atoms with E-state index in [9.17, 15) is 0 Å². The Bertz CT molecular complexity index is 327. The first-order valence-electron chi connectivity index (χ1n) is 2.77. The molecule has 0 saturated carbocycles. The minimum atomic E-state index is -0.350. The highest BCUT2D eigenvalue weighted by Gasteiger charge is 2.05. The molecule has 11 heavy (non-hydrogen) atoms. The first kappa shape index (κ1) is 7.04. The van der Waals surface area contributed by atoms with E-state index in [0.717, 1.165) is 0 Å². The number of nitrogens with zero attached hydrogens (tertiary/aromatic N) is 3. The normalized spacial score (nSPS) is 8.18. The molecule has 0 amide bonds. The number of aromatic hydroxyl groups is 1. The molecule has 0 spiro atoms. The zero-order valence-electron chi connectivity index (χ0n) is 5.44. The van der Waals surface area contributed by atoms with Crippen molar-refractivity contribution >= 4 is 0 Å². The number of pyridine rings is 1. The van der Waals surface area contributed by atoms with Crippen LogP contribution in [0.2, 0.25) is 0 Å². The van der Waals surface area contributed by atoms with E-state index < -0.39 is 0 Å². The zero-order chi connectivity index (χ0) is 8.27. The van der Waals surface area contributed by atoms with Gasteiger partial charge >= 0.3 is 0 Å². The Kier molecular flexibility index (Phi) is 1.71. The van der Waals surface area contributed by atoms with Crippen molar-refractivity contribution in [3.63, 3.8) is 0 Å². The zero-order valence-corrected chi connectivity index (χ0v) is 5.44. The number of hydrogen-bond acceptors (Lipinski definition) is 4. The van der Waals surface area contributed by atoms with Gasteiger partial charge in [0, 0.05) is 6.20 Å². The molecule has 4 heteroatoms. The molecule has 0 saturated heterocycles. The van der Waals surface area contributed by atoms with Crippen LogP contribution < -0.4 is 0 Å². The van der Waals surface area contributed by atoms with Gasteiger partial charge in [0.05, 0.1) is 5.56 Å². The quantitative estimate of drug-likeness (QED) is 0.577. The Balaban J connectivity index is 3.38. The molecule has 0 fully saturated rings. The average Bonchev–Trinajstić information content (AvgIpc) is 2.05. The Morgan fingerprint density at radius 2 is 2.09 bits per heavy atom. The molecule has 1 rings (SSSR count). The summed E-state index contributed by atoms with van der Waals surface area (Å²) in [6.45, 7) is 0. The van der Waals surface area contributed by atoms with Crippen molar-refractivity contribution in [2.45, 2.75) is 0 Å². The fourth-order valence-electron chi connectivity index (χ4n) is 0.626. The standard InChI is InChI=1S/C7H3N3O/c8-3-5-1-2-10-6(4-9)7(5)11/h1-2,11H. The molecule has 0 aliphatic rings. The lowest BCUT2D eigenvalue weighted by atomic mass is 10.2. The predicted octanol–water partition coefficient (Wildman–Crippen LogP) is 0.531. The molecule has 0 radical (unpaired) electrons. The summed E-state index contributed by atoms with van der Waals surface area (Å²) in [4.78, 5) is 3.54. The predicted molar refractivity (Wildman–Crippen MR) is 35.3 cm³/mol. The van der Waals surface area contributed by atoms with Crippen LogP contribution in [0.25, 0.3) is 0 Å². The summed E-state index contributed by atoms with van der Waals surface area (Å²) in [5.74, 6) is -0.350. The molecule has 1 aromatic heterocycles. The minimum Gasteiger partial charge on any atom is -0.504 e. The van der Waals surface area contributed by atoms with Crippen molar-refractivity contribution in [2.24, 2.45) is 0 Å².